The summed E-state index contributed by atoms with van der Waals surface area (Å²) in [7, 11) is 0. The minimum atomic E-state index is 0.497. The standard InChI is InChI=1S/C16H20N2S/c1-10(2)11-5-3-6-12(9-11)13-7-4-8-14-15(13)19-16(17)18-14/h3,5-6,9-10,13H,4,7-8H2,1-2H3,(H2,17,18). The zero-order chi connectivity index (χ0) is 13.4. The fourth-order valence-electron chi connectivity index (χ4n) is 2.89. The van der Waals surface area contributed by atoms with Gasteiger partial charge in [-0.3, -0.25) is 0 Å². The highest BCUT2D eigenvalue weighted by Crippen LogP contribution is 2.41. The number of nitrogen functional groups attached to an aromatic ring is 1. The van der Waals surface area contributed by atoms with Crippen LogP contribution in [0.1, 0.15) is 60.2 Å². The van der Waals surface area contributed by atoms with Crippen LogP contribution in [0.5, 0.6) is 0 Å². The van der Waals surface area contributed by atoms with E-state index in [4.69, 9.17) is 5.73 Å². The minimum Gasteiger partial charge on any atom is -0.375 e. The highest BCUT2D eigenvalue weighted by atomic mass is 32.1. The van der Waals surface area contributed by atoms with Crippen LogP contribution in [0.25, 0.3) is 0 Å². The number of anilines is 1. The van der Waals surface area contributed by atoms with Gasteiger partial charge in [0.2, 0.25) is 0 Å². The Hall–Kier alpha value is -1.35. The molecule has 0 aliphatic heterocycles. The lowest BCUT2D eigenvalue weighted by atomic mass is 9.85. The van der Waals surface area contributed by atoms with E-state index in [-0.39, 0.29) is 0 Å². The van der Waals surface area contributed by atoms with E-state index in [1.165, 1.54) is 34.5 Å². The lowest BCUT2D eigenvalue weighted by Gasteiger charge is -2.22. The van der Waals surface area contributed by atoms with Crippen molar-refractivity contribution in [2.75, 3.05) is 5.73 Å². The third-order valence-corrected chi connectivity index (χ3v) is 4.99. The molecule has 0 radical (unpaired) electrons. The summed E-state index contributed by atoms with van der Waals surface area (Å²) in [5.74, 6) is 1.08. The molecule has 2 N–H and O–H groups in total. The summed E-state index contributed by atoms with van der Waals surface area (Å²) in [6.07, 6.45) is 3.52. The van der Waals surface area contributed by atoms with Gasteiger partial charge in [-0.2, -0.15) is 0 Å². The summed E-state index contributed by atoms with van der Waals surface area (Å²) < 4.78 is 0. The number of hydrogen-bond acceptors (Lipinski definition) is 3. The van der Waals surface area contributed by atoms with E-state index in [1.54, 1.807) is 11.3 Å². The monoisotopic (exact) mass is 272 g/mol. The second-order valence-corrected chi connectivity index (χ2v) is 6.69. The first-order valence-electron chi connectivity index (χ1n) is 7.00. The van der Waals surface area contributed by atoms with Crippen molar-refractivity contribution in [1.82, 2.24) is 4.98 Å². The number of rotatable bonds is 2. The van der Waals surface area contributed by atoms with Gasteiger partial charge < -0.3 is 5.73 Å². The van der Waals surface area contributed by atoms with E-state index < -0.39 is 0 Å². The van der Waals surface area contributed by atoms with Gasteiger partial charge in [0.05, 0.1) is 5.69 Å². The number of fused-ring (bicyclic) bond motifs is 1. The molecule has 0 fully saturated rings. The molecule has 1 aliphatic carbocycles. The van der Waals surface area contributed by atoms with Crippen LogP contribution in [-0.2, 0) is 6.42 Å². The average molecular weight is 272 g/mol. The Morgan fingerprint density at radius 1 is 1.37 bits per heavy atom. The average Bonchev–Trinajstić information content (AvgIpc) is 2.78. The number of hydrogen-bond donors (Lipinski definition) is 1. The first kappa shape index (κ1) is 12.7. The van der Waals surface area contributed by atoms with Gasteiger partial charge in [0.25, 0.3) is 0 Å². The Morgan fingerprint density at radius 2 is 2.21 bits per heavy atom. The molecule has 1 unspecified atom stereocenters. The minimum absolute atomic E-state index is 0.497. The van der Waals surface area contributed by atoms with Crippen molar-refractivity contribution in [2.24, 2.45) is 0 Å². The van der Waals surface area contributed by atoms with Gasteiger partial charge in [-0.15, -0.1) is 11.3 Å². The molecule has 3 rings (SSSR count). The van der Waals surface area contributed by atoms with E-state index in [0.29, 0.717) is 11.8 Å². The Kier molecular flexibility index (Phi) is 3.31. The number of nitrogens with two attached hydrogens (primary N) is 1. The van der Waals surface area contributed by atoms with Crippen LogP contribution >= 0.6 is 11.3 Å². The van der Waals surface area contributed by atoms with Crippen molar-refractivity contribution in [3.8, 4) is 0 Å². The molecule has 3 heteroatoms. The molecule has 100 valence electrons. The van der Waals surface area contributed by atoms with E-state index >= 15 is 0 Å². The highest BCUT2D eigenvalue weighted by molar-refractivity contribution is 7.15. The smallest absolute Gasteiger partial charge is 0.180 e. The van der Waals surface area contributed by atoms with Crippen molar-refractivity contribution in [2.45, 2.75) is 44.9 Å². The molecule has 1 aromatic heterocycles. The molecule has 1 aromatic carbocycles. The Morgan fingerprint density at radius 3 is 3.00 bits per heavy atom. The predicted molar refractivity (Wildman–Crippen MR) is 81.8 cm³/mol. The normalized spacial score (nSPS) is 18.6. The molecule has 0 saturated heterocycles. The van der Waals surface area contributed by atoms with Crippen molar-refractivity contribution in [3.63, 3.8) is 0 Å². The van der Waals surface area contributed by atoms with E-state index in [2.05, 4.69) is 43.1 Å². The molecule has 19 heavy (non-hydrogen) atoms. The largest absolute Gasteiger partial charge is 0.375 e. The maximum absolute atomic E-state index is 5.88. The van der Waals surface area contributed by atoms with Crippen LogP contribution in [0.3, 0.4) is 0 Å². The molecule has 2 nitrogen and oxygen atoms in total. The van der Waals surface area contributed by atoms with Crippen LogP contribution in [0.15, 0.2) is 24.3 Å². The summed E-state index contributed by atoms with van der Waals surface area (Å²) in [6, 6.07) is 9.02. The topological polar surface area (TPSA) is 38.9 Å². The molecule has 1 atom stereocenters. The number of benzene rings is 1. The summed E-state index contributed by atoms with van der Waals surface area (Å²) in [5, 5.41) is 0.719. The molecule has 0 bridgehead atoms. The van der Waals surface area contributed by atoms with Crippen molar-refractivity contribution >= 4 is 16.5 Å². The van der Waals surface area contributed by atoms with Crippen LogP contribution in [0, 0.1) is 0 Å². The lowest BCUT2D eigenvalue weighted by molar-refractivity contribution is 0.616. The first-order valence-corrected chi connectivity index (χ1v) is 7.81. The predicted octanol–water partition coefficient (Wildman–Crippen LogP) is 4.32. The molecule has 0 spiro atoms. The summed E-state index contributed by atoms with van der Waals surface area (Å²) >= 11 is 1.67. The van der Waals surface area contributed by atoms with Gasteiger partial charge in [-0.1, -0.05) is 38.1 Å². The third kappa shape index (κ3) is 2.39. The van der Waals surface area contributed by atoms with Crippen molar-refractivity contribution in [3.05, 3.63) is 46.0 Å². The molecule has 0 amide bonds. The van der Waals surface area contributed by atoms with Gasteiger partial charge >= 0.3 is 0 Å². The number of thiazole rings is 1. The van der Waals surface area contributed by atoms with Crippen LogP contribution in [0.2, 0.25) is 0 Å². The first-order chi connectivity index (χ1) is 9.15. The molecule has 1 aliphatic rings. The number of nitrogens with zero attached hydrogens (tertiary/aromatic N) is 1. The van der Waals surface area contributed by atoms with E-state index in [1.807, 2.05) is 0 Å². The maximum Gasteiger partial charge on any atom is 0.180 e. The maximum atomic E-state index is 5.88. The number of aryl methyl sites for hydroxylation is 1. The van der Waals surface area contributed by atoms with E-state index in [0.717, 1.165) is 11.6 Å². The van der Waals surface area contributed by atoms with Crippen molar-refractivity contribution < 1.29 is 0 Å². The Bertz CT molecular complexity index is 586. The van der Waals surface area contributed by atoms with Gasteiger partial charge in [0, 0.05) is 10.8 Å². The van der Waals surface area contributed by atoms with E-state index in [9.17, 15) is 0 Å². The zero-order valence-corrected chi connectivity index (χ0v) is 12.3. The third-order valence-electron chi connectivity index (χ3n) is 3.95. The van der Waals surface area contributed by atoms with Gasteiger partial charge in [0.1, 0.15) is 0 Å². The van der Waals surface area contributed by atoms with Gasteiger partial charge in [-0.05, 0) is 36.3 Å². The number of aromatic nitrogens is 1. The summed E-state index contributed by atoms with van der Waals surface area (Å²) in [5.41, 5.74) is 9.96. The second kappa shape index (κ2) is 4.97. The second-order valence-electron chi connectivity index (χ2n) is 5.63. The van der Waals surface area contributed by atoms with Crippen molar-refractivity contribution in [1.29, 1.82) is 0 Å². The Labute approximate surface area is 118 Å². The molecular formula is C16H20N2S. The van der Waals surface area contributed by atoms with Crippen LogP contribution in [-0.4, -0.2) is 4.98 Å². The molecule has 2 aromatic rings. The quantitative estimate of drug-likeness (QED) is 0.884. The van der Waals surface area contributed by atoms with Crippen LogP contribution in [0.4, 0.5) is 5.13 Å². The molecule has 0 saturated carbocycles. The SMILES string of the molecule is CC(C)c1cccc(C2CCCc3nc(N)sc32)c1. The summed E-state index contributed by atoms with van der Waals surface area (Å²) in [4.78, 5) is 5.87. The fraction of sp³-hybridized carbons (Fsp3) is 0.438. The Balaban J connectivity index is 2.01. The zero-order valence-electron chi connectivity index (χ0n) is 11.5. The fourth-order valence-corrected chi connectivity index (χ4v) is 3.93. The van der Waals surface area contributed by atoms with Gasteiger partial charge in [0.15, 0.2) is 5.13 Å². The highest BCUT2D eigenvalue weighted by Gasteiger charge is 2.25. The molecular weight excluding hydrogens is 252 g/mol. The summed E-state index contributed by atoms with van der Waals surface area (Å²) in [6.45, 7) is 4.49. The molecule has 1 heterocycles. The lowest BCUT2D eigenvalue weighted by Crippen LogP contribution is -2.09. The van der Waals surface area contributed by atoms with Gasteiger partial charge in [-0.25, -0.2) is 4.98 Å². The van der Waals surface area contributed by atoms with Crippen LogP contribution < -0.4 is 5.73 Å².